The summed E-state index contributed by atoms with van der Waals surface area (Å²) in [4.78, 5) is 72.9. The molecule has 5 atom stereocenters. The summed E-state index contributed by atoms with van der Waals surface area (Å²) in [5.74, 6) is -2.26. The Labute approximate surface area is 607 Å². The molecule has 17 nitrogen and oxygen atoms in total. The van der Waals surface area contributed by atoms with E-state index in [1.165, 1.54) is 116 Å². The molecule has 0 rings (SSSR count). The summed E-state index contributed by atoms with van der Waals surface area (Å²) in [6.45, 7) is 4.74. The molecule has 0 aliphatic heterocycles. The minimum Gasteiger partial charge on any atom is -0.462 e. The van der Waals surface area contributed by atoms with Crippen molar-refractivity contribution >= 4 is 39.5 Å². The molecule has 0 aromatic carbocycles. The van der Waals surface area contributed by atoms with E-state index < -0.39 is 97.5 Å². The third kappa shape index (κ3) is 72.3. The maximum atomic E-state index is 13.1. The number of aliphatic hydroxyl groups is 1. The van der Waals surface area contributed by atoms with E-state index in [1.807, 2.05) is 12.2 Å². The van der Waals surface area contributed by atoms with Crippen LogP contribution >= 0.6 is 15.6 Å². The molecule has 0 amide bonds. The molecule has 3 N–H and O–H groups in total. The predicted molar refractivity (Wildman–Crippen MR) is 409 cm³/mol. The number of carbonyl (C=O) groups excluding carboxylic acids is 4. The number of unbranched alkanes of at least 4 members (excludes halogenated alkanes) is 33. The van der Waals surface area contributed by atoms with Crippen LogP contribution in [0.25, 0.3) is 0 Å². The van der Waals surface area contributed by atoms with Gasteiger partial charge >= 0.3 is 39.5 Å². The van der Waals surface area contributed by atoms with Crippen LogP contribution < -0.4 is 0 Å². The smallest absolute Gasteiger partial charge is 0.462 e. The second-order valence-corrected chi connectivity index (χ2v) is 29.2. The highest BCUT2D eigenvalue weighted by Crippen LogP contribution is 2.45. The minimum atomic E-state index is -4.99. The summed E-state index contributed by atoms with van der Waals surface area (Å²) in [6, 6.07) is 0. The second-order valence-electron chi connectivity index (χ2n) is 26.3. The number of phosphoric ester groups is 2. The van der Waals surface area contributed by atoms with Crippen molar-refractivity contribution in [3.63, 3.8) is 0 Å². The molecule has 0 aromatic rings. The van der Waals surface area contributed by atoms with E-state index in [0.29, 0.717) is 32.1 Å². The zero-order valence-corrected chi connectivity index (χ0v) is 64.9. The maximum Gasteiger partial charge on any atom is 0.472 e. The van der Waals surface area contributed by atoms with Crippen molar-refractivity contribution in [3.8, 4) is 0 Å². The van der Waals surface area contributed by atoms with Gasteiger partial charge in [0, 0.05) is 25.7 Å². The summed E-state index contributed by atoms with van der Waals surface area (Å²) in [7, 11) is -9.97. The molecular formula is C81H142O17P2. The SMILES string of the molecule is CCCCC/C=C\C/C=C\C/C=C\C/C=C\CCCC(=O)O[C@H](COC(=O)CCCCCCC/C=C\C=C/CCCCCC)COP(=O)(O)OC[C@@H](O)COP(=O)(O)OC[C@@H](COC(=O)CCCCCCC/C=C\C/C=C\CCCCC)OC(=O)CCCCCCCCCCCCCCC. The first-order valence-corrected chi connectivity index (χ1v) is 42.5. The average Bonchev–Trinajstić information content (AvgIpc) is 0.962. The van der Waals surface area contributed by atoms with E-state index >= 15 is 0 Å². The molecule has 0 aliphatic carbocycles. The first-order valence-electron chi connectivity index (χ1n) is 39.5. The molecule has 578 valence electrons. The van der Waals surface area contributed by atoms with E-state index in [-0.39, 0.29) is 25.7 Å². The number of allylic oxidation sites excluding steroid dienone is 16. The molecule has 0 aliphatic rings. The number of aliphatic hydroxyl groups excluding tert-OH is 1. The van der Waals surface area contributed by atoms with Gasteiger partial charge in [0.05, 0.1) is 26.4 Å². The fourth-order valence-corrected chi connectivity index (χ4v) is 12.0. The quantitative estimate of drug-likeness (QED) is 0.0128. The number of ether oxygens (including phenoxy) is 4. The van der Waals surface area contributed by atoms with Crippen molar-refractivity contribution in [3.05, 3.63) is 97.2 Å². The standard InChI is InChI=1S/C81H142O17P2/c1-5-9-13-17-21-25-29-33-36-37-40-44-48-52-56-60-64-68-81(86)98-77(72-92-79(84)66-62-58-54-50-46-43-39-35-31-27-23-19-15-11-7-3)74-96-100(89,90)94-70-75(82)69-93-99(87,88)95-73-76(97-80(85)67-63-59-55-51-47-41-32-28-24-20-16-12-8-4)71-91-78(83)65-61-57-53-49-45-42-38-34-30-26-22-18-14-10-6-2/h21-22,25-27,31,33-36,38-40,44,52,56,75-77,82H,5-20,23-24,28-30,32,37,41-43,45-51,53-55,57-74H2,1-4H3,(H,87,88)(H,89,90)/b25-21-,26-22-,31-27-,36-33-,38-34-,39-35-,44-40-,56-52-/t75-,76+,77+/m0/s1. The lowest BCUT2D eigenvalue weighted by atomic mass is 10.0. The largest absolute Gasteiger partial charge is 0.472 e. The average molecular weight is 1450 g/mol. The number of rotatable bonds is 74. The van der Waals surface area contributed by atoms with E-state index in [2.05, 4.69) is 113 Å². The monoisotopic (exact) mass is 1450 g/mol. The normalized spacial score (nSPS) is 14.4. The summed E-state index contributed by atoms with van der Waals surface area (Å²) in [5, 5.41) is 10.6. The van der Waals surface area contributed by atoms with Crippen LogP contribution in [0.15, 0.2) is 97.2 Å². The Bertz CT molecular complexity index is 2270. The van der Waals surface area contributed by atoms with Gasteiger partial charge in [0.25, 0.3) is 0 Å². The van der Waals surface area contributed by atoms with E-state index in [4.69, 9.17) is 37.0 Å². The molecule has 0 saturated carbocycles. The van der Waals surface area contributed by atoms with Crippen molar-refractivity contribution < 1.29 is 80.2 Å². The van der Waals surface area contributed by atoms with Crippen LogP contribution in [0, 0.1) is 0 Å². The summed E-state index contributed by atoms with van der Waals surface area (Å²) in [6.07, 6.45) is 76.8. The van der Waals surface area contributed by atoms with Crippen molar-refractivity contribution in [2.75, 3.05) is 39.6 Å². The molecule has 0 saturated heterocycles. The molecule has 0 radical (unpaired) electrons. The van der Waals surface area contributed by atoms with Gasteiger partial charge in [-0.25, -0.2) is 9.13 Å². The molecule has 19 heteroatoms. The maximum absolute atomic E-state index is 13.1. The summed E-state index contributed by atoms with van der Waals surface area (Å²) < 4.78 is 68.5. The zero-order valence-electron chi connectivity index (χ0n) is 63.1. The number of phosphoric acid groups is 2. The molecule has 0 fully saturated rings. The molecule has 0 spiro atoms. The van der Waals surface area contributed by atoms with Crippen LogP contribution in [-0.2, 0) is 65.4 Å². The van der Waals surface area contributed by atoms with Crippen molar-refractivity contribution in [2.45, 2.75) is 354 Å². The van der Waals surface area contributed by atoms with Gasteiger partial charge in [-0.05, 0) is 122 Å². The number of hydrogen-bond donors (Lipinski definition) is 3. The highest BCUT2D eigenvalue weighted by atomic mass is 31.2. The molecule has 0 aromatic heterocycles. The van der Waals surface area contributed by atoms with Gasteiger partial charge in [0.15, 0.2) is 12.2 Å². The highest BCUT2D eigenvalue weighted by Gasteiger charge is 2.30. The lowest BCUT2D eigenvalue weighted by Crippen LogP contribution is -2.30. The molecule has 2 unspecified atom stereocenters. The van der Waals surface area contributed by atoms with Crippen molar-refractivity contribution in [2.24, 2.45) is 0 Å². The Kier molecular flexibility index (Phi) is 70.4. The number of hydrogen-bond acceptors (Lipinski definition) is 15. The summed E-state index contributed by atoms with van der Waals surface area (Å²) >= 11 is 0. The van der Waals surface area contributed by atoms with Crippen molar-refractivity contribution in [1.82, 2.24) is 0 Å². The fourth-order valence-electron chi connectivity index (χ4n) is 10.5. The zero-order chi connectivity index (χ0) is 73.2. The van der Waals surface area contributed by atoms with Crippen LogP contribution in [0.3, 0.4) is 0 Å². The van der Waals surface area contributed by atoms with Crippen LogP contribution in [0.1, 0.15) is 336 Å². The Hall–Kier alpha value is -4.02. The van der Waals surface area contributed by atoms with Crippen LogP contribution in [0.5, 0.6) is 0 Å². The summed E-state index contributed by atoms with van der Waals surface area (Å²) in [5.41, 5.74) is 0. The van der Waals surface area contributed by atoms with Gasteiger partial charge in [-0.2, -0.15) is 0 Å². The number of carbonyl (C=O) groups is 4. The lowest BCUT2D eigenvalue weighted by molar-refractivity contribution is -0.161. The van der Waals surface area contributed by atoms with Gasteiger partial charge < -0.3 is 33.8 Å². The van der Waals surface area contributed by atoms with Gasteiger partial charge in [0.1, 0.15) is 19.3 Å². The van der Waals surface area contributed by atoms with Gasteiger partial charge in [0.2, 0.25) is 0 Å². The molecule has 0 heterocycles. The first kappa shape index (κ1) is 96.0. The Balaban J connectivity index is 5.41. The fraction of sp³-hybridized carbons (Fsp3) is 0.753. The Morgan fingerprint density at radius 1 is 0.290 bits per heavy atom. The molecule has 0 bridgehead atoms. The topological polar surface area (TPSA) is 237 Å². The van der Waals surface area contributed by atoms with Crippen LogP contribution in [0.4, 0.5) is 0 Å². The van der Waals surface area contributed by atoms with Crippen molar-refractivity contribution in [1.29, 1.82) is 0 Å². The highest BCUT2D eigenvalue weighted by molar-refractivity contribution is 7.47. The van der Waals surface area contributed by atoms with Gasteiger partial charge in [-0.1, -0.05) is 285 Å². The van der Waals surface area contributed by atoms with E-state index in [1.54, 1.807) is 0 Å². The predicted octanol–water partition coefficient (Wildman–Crippen LogP) is 22.8. The Morgan fingerprint density at radius 3 is 0.880 bits per heavy atom. The van der Waals surface area contributed by atoms with E-state index in [0.717, 1.165) is 135 Å². The van der Waals surface area contributed by atoms with Crippen LogP contribution in [-0.4, -0.2) is 96.7 Å². The molecular weight excluding hydrogens is 1310 g/mol. The minimum absolute atomic E-state index is 0.0159. The lowest BCUT2D eigenvalue weighted by Gasteiger charge is -2.21. The third-order valence-electron chi connectivity index (χ3n) is 16.5. The number of esters is 4. The first-order chi connectivity index (χ1) is 48.7. The van der Waals surface area contributed by atoms with E-state index in [9.17, 15) is 43.2 Å². The van der Waals surface area contributed by atoms with Crippen LogP contribution in [0.2, 0.25) is 0 Å². The third-order valence-corrected chi connectivity index (χ3v) is 18.4. The molecule has 100 heavy (non-hydrogen) atoms. The van der Waals surface area contributed by atoms with Gasteiger partial charge in [-0.3, -0.25) is 37.3 Å². The van der Waals surface area contributed by atoms with Gasteiger partial charge in [-0.15, -0.1) is 0 Å². The second kappa shape index (κ2) is 73.3. The Morgan fingerprint density at radius 2 is 0.530 bits per heavy atom.